The van der Waals surface area contributed by atoms with Crippen LogP contribution in [0.5, 0.6) is 5.75 Å². The number of fused-ring (bicyclic) bond motifs is 1. The van der Waals surface area contributed by atoms with Crippen LogP contribution in [-0.4, -0.2) is 58.1 Å². The van der Waals surface area contributed by atoms with Crippen molar-refractivity contribution in [3.05, 3.63) is 24.3 Å². The highest BCUT2D eigenvalue weighted by atomic mass is 19.4. The van der Waals surface area contributed by atoms with Crippen molar-refractivity contribution in [3.8, 4) is 17.0 Å². The number of anilines is 1. The van der Waals surface area contributed by atoms with Crippen LogP contribution >= 0.6 is 0 Å². The normalized spacial score (nSPS) is 28.7. The molecular formula is C22H26F3N5O2. The number of alkyl halides is 3. The van der Waals surface area contributed by atoms with Gasteiger partial charge >= 0.3 is 6.36 Å². The van der Waals surface area contributed by atoms with Gasteiger partial charge in [-0.05, 0) is 43.6 Å². The van der Waals surface area contributed by atoms with Gasteiger partial charge in [-0.3, -0.25) is 4.90 Å². The van der Waals surface area contributed by atoms with Crippen LogP contribution in [0.2, 0.25) is 0 Å². The summed E-state index contributed by atoms with van der Waals surface area (Å²) in [7, 11) is 0. The number of imidazole rings is 1. The molecule has 2 saturated heterocycles. The highest BCUT2D eigenvalue weighted by Crippen LogP contribution is 2.58. The Morgan fingerprint density at radius 2 is 1.81 bits per heavy atom. The molecule has 2 aliphatic heterocycles. The number of nitrogens with zero attached hydrogens (tertiary/aromatic N) is 4. The quantitative estimate of drug-likeness (QED) is 0.752. The molecular weight excluding hydrogens is 423 g/mol. The van der Waals surface area contributed by atoms with Crippen molar-refractivity contribution in [3.63, 3.8) is 0 Å². The third-order valence-corrected chi connectivity index (χ3v) is 7.31. The standard InChI is InChI=1S/C22H26F3N5O2/c23-22(24,25)32-18-7-13(8-27-20(18)26)17-11-30(21(28-17)12-1-2-12)19-15-9-29(10-16(15)19)14-3-5-31-6-4-14/h7-8,11-12,14-16,19H,1-6,9-10H2,(H2,26,27)/t15-,16+,19?. The maximum Gasteiger partial charge on any atom is 0.573 e. The second-order valence-electron chi connectivity index (χ2n) is 9.44. The maximum atomic E-state index is 12.7. The summed E-state index contributed by atoms with van der Waals surface area (Å²) in [6, 6.07) is 2.33. The number of pyridine rings is 1. The van der Waals surface area contributed by atoms with Crippen molar-refractivity contribution < 1.29 is 22.6 Å². The van der Waals surface area contributed by atoms with E-state index in [0.29, 0.717) is 41.1 Å². The monoisotopic (exact) mass is 449 g/mol. The maximum absolute atomic E-state index is 12.7. The zero-order valence-corrected chi connectivity index (χ0v) is 17.6. The fraction of sp³-hybridized carbons (Fsp3) is 0.636. The molecule has 2 saturated carbocycles. The molecule has 2 aliphatic carbocycles. The Kier molecular flexibility index (Phi) is 4.66. The van der Waals surface area contributed by atoms with Gasteiger partial charge in [-0.2, -0.15) is 0 Å². The number of piperidine rings is 1. The van der Waals surface area contributed by atoms with E-state index in [1.54, 1.807) is 0 Å². The van der Waals surface area contributed by atoms with Crippen LogP contribution in [-0.2, 0) is 4.74 Å². The Labute approximate surface area is 183 Å². The van der Waals surface area contributed by atoms with Crippen LogP contribution < -0.4 is 10.5 Å². The number of rotatable bonds is 5. The van der Waals surface area contributed by atoms with Crippen LogP contribution in [0.1, 0.15) is 43.5 Å². The molecule has 6 rings (SSSR count). The number of hydrogen-bond donors (Lipinski definition) is 1. The number of aromatic nitrogens is 3. The summed E-state index contributed by atoms with van der Waals surface area (Å²) in [6.45, 7) is 3.91. The highest BCUT2D eigenvalue weighted by molar-refractivity contribution is 5.64. The predicted octanol–water partition coefficient (Wildman–Crippen LogP) is 3.59. The average Bonchev–Trinajstić information content (AvgIpc) is 3.63. The van der Waals surface area contributed by atoms with Crippen molar-refractivity contribution in [1.29, 1.82) is 0 Å². The fourth-order valence-corrected chi connectivity index (χ4v) is 5.52. The van der Waals surface area contributed by atoms with Crippen molar-refractivity contribution in [2.45, 2.75) is 50.0 Å². The lowest BCUT2D eigenvalue weighted by atomic mass is 10.1. The third-order valence-electron chi connectivity index (χ3n) is 7.31. The van der Waals surface area contributed by atoms with Gasteiger partial charge in [0.25, 0.3) is 0 Å². The molecule has 0 amide bonds. The second kappa shape index (κ2) is 7.34. The minimum absolute atomic E-state index is 0.294. The summed E-state index contributed by atoms with van der Waals surface area (Å²) in [5, 5.41) is 0. The van der Waals surface area contributed by atoms with E-state index < -0.39 is 12.1 Å². The molecule has 4 aliphatic rings. The minimum Gasteiger partial charge on any atom is -0.402 e. The molecule has 0 aromatic carbocycles. The SMILES string of the molecule is Nc1ncc(-c2cn(C3[C@H]4CN(C5CCOCC5)C[C@@H]34)c(C3CC3)n2)cc1OC(F)(F)F. The summed E-state index contributed by atoms with van der Waals surface area (Å²) < 4.78 is 50.0. The van der Waals surface area contributed by atoms with E-state index in [0.717, 1.165) is 57.8 Å². The Bertz CT molecular complexity index is 1000. The van der Waals surface area contributed by atoms with Gasteiger partial charge in [-0.15, -0.1) is 13.2 Å². The van der Waals surface area contributed by atoms with Crippen molar-refractivity contribution in [2.24, 2.45) is 11.8 Å². The molecule has 0 spiro atoms. The molecule has 172 valence electrons. The van der Waals surface area contributed by atoms with E-state index in [-0.39, 0.29) is 5.82 Å². The molecule has 0 bridgehead atoms. The van der Waals surface area contributed by atoms with E-state index in [9.17, 15) is 13.2 Å². The molecule has 4 heterocycles. The number of hydrogen-bond acceptors (Lipinski definition) is 6. The average molecular weight is 449 g/mol. The van der Waals surface area contributed by atoms with Crippen LogP contribution in [0, 0.1) is 11.8 Å². The van der Waals surface area contributed by atoms with E-state index in [2.05, 4.69) is 19.2 Å². The summed E-state index contributed by atoms with van der Waals surface area (Å²) in [5.41, 5.74) is 6.69. The number of halogens is 3. The molecule has 2 aromatic rings. The largest absolute Gasteiger partial charge is 0.573 e. The fourth-order valence-electron chi connectivity index (χ4n) is 5.52. The molecule has 32 heavy (non-hydrogen) atoms. The van der Waals surface area contributed by atoms with Gasteiger partial charge in [0.1, 0.15) is 5.82 Å². The molecule has 1 unspecified atom stereocenters. The summed E-state index contributed by atoms with van der Waals surface area (Å²) in [6.07, 6.45) is 3.06. The van der Waals surface area contributed by atoms with Crippen LogP contribution in [0.25, 0.3) is 11.3 Å². The van der Waals surface area contributed by atoms with Gasteiger partial charge < -0.3 is 19.8 Å². The third kappa shape index (κ3) is 3.73. The van der Waals surface area contributed by atoms with Gasteiger partial charge in [-0.25, -0.2) is 9.97 Å². The Morgan fingerprint density at radius 1 is 1.09 bits per heavy atom. The molecule has 10 heteroatoms. The van der Waals surface area contributed by atoms with Gasteiger partial charge in [0, 0.05) is 62.3 Å². The first-order valence-corrected chi connectivity index (χ1v) is 11.3. The lowest BCUT2D eigenvalue weighted by molar-refractivity contribution is -0.274. The van der Waals surface area contributed by atoms with Crippen LogP contribution in [0.3, 0.4) is 0 Å². The summed E-state index contributed by atoms with van der Waals surface area (Å²) in [4.78, 5) is 11.3. The zero-order chi connectivity index (χ0) is 22.0. The zero-order valence-electron chi connectivity index (χ0n) is 17.6. The van der Waals surface area contributed by atoms with Gasteiger partial charge in [0.2, 0.25) is 0 Å². The van der Waals surface area contributed by atoms with Crippen molar-refractivity contribution in [2.75, 3.05) is 32.0 Å². The first kappa shape index (κ1) is 20.3. The van der Waals surface area contributed by atoms with Gasteiger partial charge in [0.15, 0.2) is 11.6 Å². The molecule has 2 aromatic heterocycles. The molecule has 3 atom stereocenters. The van der Waals surface area contributed by atoms with Crippen molar-refractivity contribution >= 4 is 5.82 Å². The number of likely N-dealkylation sites (tertiary alicyclic amines) is 1. The Balaban J connectivity index is 1.23. The lowest BCUT2D eigenvalue weighted by Gasteiger charge is -2.32. The highest BCUT2D eigenvalue weighted by Gasteiger charge is 2.58. The second-order valence-corrected chi connectivity index (χ2v) is 9.44. The van der Waals surface area contributed by atoms with E-state index in [1.807, 2.05) is 6.20 Å². The first-order valence-electron chi connectivity index (χ1n) is 11.3. The number of ether oxygens (including phenoxy) is 2. The van der Waals surface area contributed by atoms with E-state index in [4.69, 9.17) is 15.5 Å². The molecule has 7 nitrogen and oxygen atoms in total. The van der Waals surface area contributed by atoms with Gasteiger partial charge in [0.05, 0.1) is 5.69 Å². The molecule has 4 fully saturated rings. The van der Waals surface area contributed by atoms with Crippen LogP contribution in [0.4, 0.5) is 19.0 Å². The first-order chi connectivity index (χ1) is 15.4. The number of nitrogens with two attached hydrogens (primary N) is 1. The summed E-state index contributed by atoms with van der Waals surface area (Å²) in [5.74, 6) is 1.93. The predicted molar refractivity (Wildman–Crippen MR) is 110 cm³/mol. The van der Waals surface area contributed by atoms with E-state index >= 15 is 0 Å². The minimum atomic E-state index is -4.82. The van der Waals surface area contributed by atoms with E-state index in [1.165, 1.54) is 12.3 Å². The Hall–Kier alpha value is -2.33. The van der Waals surface area contributed by atoms with Gasteiger partial charge in [-0.1, -0.05) is 0 Å². The topological polar surface area (TPSA) is 78.4 Å². The lowest BCUT2D eigenvalue weighted by Crippen LogP contribution is -2.39. The molecule has 0 radical (unpaired) electrons. The number of nitrogen functional groups attached to an aromatic ring is 1. The van der Waals surface area contributed by atoms with Crippen molar-refractivity contribution in [1.82, 2.24) is 19.4 Å². The Morgan fingerprint density at radius 3 is 2.47 bits per heavy atom. The summed E-state index contributed by atoms with van der Waals surface area (Å²) >= 11 is 0. The smallest absolute Gasteiger partial charge is 0.402 e. The van der Waals surface area contributed by atoms with Crippen LogP contribution in [0.15, 0.2) is 18.5 Å². The molecule has 2 N–H and O–H groups in total.